The number of aryl methyl sites for hydroxylation is 2. The van der Waals surface area contributed by atoms with E-state index in [0.29, 0.717) is 0 Å². The van der Waals surface area contributed by atoms with Crippen LogP contribution in [-0.4, -0.2) is 16.1 Å². The molecule has 0 saturated heterocycles. The number of carboxylic acid groups (broad SMARTS) is 1. The van der Waals surface area contributed by atoms with Gasteiger partial charge in [-0.15, -0.1) is 0 Å². The van der Waals surface area contributed by atoms with E-state index in [1.165, 1.54) is 5.56 Å². The van der Waals surface area contributed by atoms with Gasteiger partial charge in [-0.2, -0.15) is 0 Å². The van der Waals surface area contributed by atoms with Crippen LogP contribution in [0.1, 0.15) is 21.5 Å². The molecule has 0 aliphatic heterocycles. The van der Waals surface area contributed by atoms with E-state index < -0.39 is 5.97 Å². The summed E-state index contributed by atoms with van der Waals surface area (Å²) in [6, 6.07) is 12.8. The van der Waals surface area contributed by atoms with E-state index in [-0.39, 0.29) is 5.56 Å². The molecule has 3 rings (SSSR count). The van der Waals surface area contributed by atoms with E-state index in [1.807, 2.05) is 13.0 Å². The molecular weight excluding hydrogens is 276 g/mol. The Kier molecular flexibility index (Phi) is 3.51. The molecule has 0 fully saturated rings. The predicted octanol–water partition coefficient (Wildman–Crippen LogP) is 4.29. The Labute approximate surface area is 128 Å². The highest BCUT2D eigenvalue weighted by atomic mass is 16.4. The van der Waals surface area contributed by atoms with Crippen molar-refractivity contribution in [1.82, 2.24) is 4.98 Å². The molecule has 2 aromatic carbocycles. The fourth-order valence-electron chi connectivity index (χ4n) is 2.57. The van der Waals surface area contributed by atoms with Crippen LogP contribution in [0.4, 0.5) is 11.4 Å². The van der Waals surface area contributed by atoms with Crippen LogP contribution in [0.3, 0.4) is 0 Å². The molecule has 0 aliphatic carbocycles. The smallest absolute Gasteiger partial charge is 0.335 e. The molecule has 0 atom stereocenters. The third-order valence-electron chi connectivity index (χ3n) is 3.59. The molecule has 0 unspecified atom stereocenters. The topological polar surface area (TPSA) is 62.2 Å². The molecule has 0 radical (unpaired) electrons. The third-order valence-corrected chi connectivity index (χ3v) is 3.59. The fourth-order valence-corrected chi connectivity index (χ4v) is 2.57. The molecule has 2 N–H and O–H groups in total. The minimum Gasteiger partial charge on any atom is -0.478 e. The van der Waals surface area contributed by atoms with Crippen LogP contribution in [0, 0.1) is 13.8 Å². The number of rotatable bonds is 3. The third kappa shape index (κ3) is 2.63. The van der Waals surface area contributed by atoms with Crippen molar-refractivity contribution in [2.75, 3.05) is 5.32 Å². The van der Waals surface area contributed by atoms with Gasteiger partial charge in [-0.1, -0.05) is 11.6 Å². The Balaban J connectivity index is 2.02. The Morgan fingerprint density at radius 2 is 1.82 bits per heavy atom. The predicted molar refractivity (Wildman–Crippen MR) is 87.9 cm³/mol. The number of anilines is 2. The molecule has 22 heavy (non-hydrogen) atoms. The maximum absolute atomic E-state index is 10.9. The van der Waals surface area contributed by atoms with Crippen molar-refractivity contribution in [2.45, 2.75) is 13.8 Å². The molecule has 0 aliphatic rings. The second kappa shape index (κ2) is 5.48. The van der Waals surface area contributed by atoms with E-state index in [9.17, 15) is 4.79 Å². The minimum absolute atomic E-state index is 0.275. The van der Waals surface area contributed by atoms with Crippen LogP contribution in [-0.2, 0) is 0 Å². The van der Waals surface area contributed by atoms with E-state index in [1.54, 1.807) is 30.5 Å². The van der Waals surface area contributed by atoms with Gasteiger partial charge in [-0.25, -0.2) is 4.79 Å². The van der Waals surface area contributed by atoms with Gasteiger partial charge in [0.2, 0.25) is 0 Å². The number of aromatic carboxylic acids is 1. The first-order chi connectivity index (χ1) is 10.5. The normalized spacial score (nSPS) is 10.6. The summed E-state index contributed by atoms with van der Waals surface area (Å²) in [4.78, 5) is 15.3. The Morgan fingerprint density at radius 1 is 1.09 bits per heavy atom. The highest BCUT2D eigenvalue weighted by Gasteiger charge is 2.07. The molecule has 4 nitrogen and oxygen atoms in total. The van der Waals surface area contributed by atoms with Crippen molar-refractivity contribution in [3.8, 4) is 0 Å². The number of carboxylic acids is 1. The van der Waals surface area contributed by atoms with Gasteiger partial charge in [0.15, 0.2) is 0 Å². The zero-order valence-electron chi connectivity index (χ0n) is 12.4. The highest BCUT2D eigenvalue weighted by Crippen LogP contribution is 2.28. The summed E-state index contributed by atoms with van der Waals surface area (Å²) >= 11 is 0. The van der Waals surface area contributed by atoms with E-state index in [2.05, 4.69) is 29.4 Å². The lowest BCUT2D eigenvalue weighted by Gasteiger charge is -2.11. The van der Waals surface area contributed by atoms with Gasteiger partial charge in [0.25, 0.3) is 0 Å². The standard InChI is InChI=1S/C18H16N2O2/c1-11-9-12(2)17-15(10-11)16(7-8-19-17)20-14-5-3-13(4-6-14)18(21)22/h3-10H,1-2H3,(H,19,20)(H,21,22). The molecule has 4 heteroatoms. The lowest BCUT2D eigenvalue weighted by molar-refractivity contribution is 0.0697. The van der Waals surface area contributed by atoms with E-state index in [0.717, 1.165) is 27.8 Å². The number of benzene rings is 2. The van der Waals surface area contributed by atoms with Gasteiger partial charge in [0, 0.05) is 23.0 Å². The highest BCUT2D eigenvalue weighted by molar-refractivity contribution is 5.95. The fraction of sp³-hybridized carbons (Fsp3) is 0.111. The van der Waals surface area contributed by atoms with Crippen LogP contribution < -0.4 is 5.32 Å². The molecule has 3 aromatic rings. The van der Waals surface area contributed by atoms with Crippen molar-refractivity contribution in [2.24, 2.45) is 0 Å². The zero-order chi connectivity index (χ0) is 15.7. The lowest BCUT2D eigenvalue weighted by Crippen LogP contribution is -1.97. The molecule has 1 heterocycles. The summed E-state index contributed by atoms with van der Waals surface area (Å²) in [7, 11) is 0. The van der Waals surface area contributed by atoms with Crippen molar-refractivity contribution < 1.29 is 9.90 Å². The maximum atomic E-state index is 10.9. The molecule has 0 amide bonds. The Morgan fingerprint density at radius 3 is 2.50 bits per heavy atom. The average molecular weight is 292 g/mol. The monoisotopic (exact) mass is 292 g/mol. The number of aromatic nitrogens is 1. The minimum atomic E-state index is -0.924. The molecule has 0 spiro atoms. The number of hydrogen-bond acceptors (Lipinski definition) is 3. The first-order valence-corrected chi connectivity index (χ1v) is 7.01. The van der Waals surface area contributed by atoms with Crippen LogP contribution in [0.5, 0.6) is 0 Å². The molecule has 0 bridgehead atoms. The van der Waals surface area contributed by atoms with Crippen LogP contribution in [0.15, 0.2) is 48.7 Å². The Hall–Kier alpha value is -2.88. The van der Waals surface area contributed by atoms with Crippen molar-refractivity contribution >= 4 is 28.2 Å². The van der Waals surface area contributed by atoms with Gasteiger partial charge in [0.05, 0.1) is 11.1 Å². The van der Waals surface area contributed by atoms with Gasteiger partial charge in [0.1, 0.15) is 0 Å². The first kappa shape index (κ1) is 14.1. The number of nitrogens with one attached hydrogen (secondary N) is 1. The van der Waals surface area contributed by atoms with Crippen LogP contribution in [0.25, 0.3) is 10.9 Å². The summed E-state index contributed by atoms with van der Waals surface area (Å²) in [6.07, 6.45) is 1.78. The second-order valence-corrected chi connectivity index (χ2v) is 5.34. The number of pyridine rings is 1. The van der Waals surface area contributed by atoms with E-state index >= 15 is 0 Å². The summed E-state index contributed by atoms with van der Waals surface area (Å²) in [5, 5.41) is 13.3. The molecule has 1 aromatic heterocycles. The maximum Gasteiger partial charge on any atom is 0.335 e. The van der Waals surface area contributed by atoms with Crippen molar-refractivity contribution in [1.29, 1.82) is 0 Å². The average Bonchev–Trinajstić information content (AvgIpc) is 2.48. The van der Waals surface area contributed by atoms with Crippen LogP contribution in [0.2, 0.25) is 0 Å². The van der Waals surface area contributed by atoms with Crippen LogP contribution >= 0.6 is 0 Å². The second-order valence-electron chi connectivity index (χ2n) is 5.34. The number of nitrogens with zero attached hydrogens (tertiary/aromatic N) is 1. The summed E-state index contributed by atoms with van der Waals surface area (Å²) < 4.78 is 0. The van der Waals surface area contributed by atoms with Gasteiger partial charge >= 0.3 is 5.97 Å². The van der Waals surface area contributed by atoms with E-state index in [4.69, 9.17) is 5.11 Å². The number of hydrogen-bond donors (Lipinski definition) is 2. The molecule has 0 saturated carbocycles. The Bertz CT molecular complexity index is 855. The number of fused-ring (bicyclic) bond motifs is 1. The molecule has 110 valence electrons. The largest absolute Gasteiger partial charge is 0.478 e. The van der Waals surface area contributed by atoms with Gasteiger partial charge in [-0.3, -0.25) is 4.98 Å². The lowest BCUT2D eigenvalue weighted by atomic mass is 10.1. The first-order valence-electron chi connectivity index (χ1n) is 7.01. The van der Waals surface area contributed by atoms with Gasteiger partial charge < -0.3 is 10.4 Å². The quantitative estimate of drug-likeness (QED) is 0.755. The molecular formula is C18H16N2O2. The van der Waals surface area contributed by atoms with Gasteiger partial charge in [-0.05, 0) is 55.8 Å². The number of carbonyl (C=O) groups is 1. The van der Waals surface area contributed by atoms with Crippen molar-refractivity contribution in [3.63, 3.8) is 0 Å². The summed E-state index contributed by atoms with van der Waals surface area (Å²) in [5.41, 5.74) is 5.37. The SMILES string of the molecule is Cc1cc(C)c2nccc(Nc3ccc(C(=O)O)cc3)c2c1. The van der Waals surface area contributed by atoms with Crippen molar-refractivity contribution in [3.05, 3.63) is 65.4 Å². The summed E-state index contributed by atoms with van der Waals surface area (Å²) in [6.45, 7) is 4.11. The summed E-state index contributed by atoms with van der Waals surface area (Å²) in [5.74, 6) is -0.924. The zero-order valence-corrected chi connectivity index (χ0v) is 12.4.